The Bertz CT molecular complexity index is 4970. The summed E-state index contributed by atoms with van der Waals surface area (Å²) in [6, 6.07) is 51.9. The van der Waals surface area contributed by atoms with E-state index in [1.54, 1.807) is 9.80 Å². The third kappa shape index (κ3) is 17.9. The van der Waals surface area contributed by atoms with E-state index in [1.165, 1.54) is 25.1 Å². The van der Waals surface area contributed by atoms with Crippen molar-refractivity contribution in [1.82, 2.24) is 74.4 Å². The standard InChI is InChI=1S/C27H30N6O3.C25H24N6O2.C17H13N5O.C10H19NO3/c1-27(2,3)36-26(34)32-15-7-8-19(32)16-33-25-22(24(28)29-17-30-25)23(31-33)18-11-13-21(14-12-18)35-20-9-5-4-6-10-20;1-2-21(32)30-14-6-7-18(30)15-31-25-22(24(26)27-16-28-25)23(29-31)17-10-12-20(13-11-17)33-19-8-4-3-5-9-19;18-16-14-15(21-22-17(14)20-10-19-16)11-6-8-13(9-7-11)23-12-4-2-1-3-5-12;1-10(2,3)14-9(13)11-6-4-5-8(11)7-12/h4-6,9-14,17,19H,7-8,15-16H2,1-3H3,(H2,28,29,30);2-5,8-13,16,18H,1,6-7,14-15H2,(H2,26,27,28);1-10H,(H3,18,19,20,21,22);8,12H,4-7H2,1-3H3/t;18-;;8-/m.1.1/s1. The number of nitrogen functional groups attached to an aromatic ring is 3. The summed E-state index contributed by atoms with van der Waals surface area (Å²) < 4.78 is 32.1. The lowest BCUT2D eigenvalue weighted by atomic mass is 10.1. The van der Waals surface area contributed by atoms with Crippen molar-refractivity contribution >= 4 is 68.6 Å². The van der Waals surface area contributed by atoms with Crippen LogP contribution < -0.4 is 31.4 Å². The second-order valence-corrected chi connectivity index (χ2v) is 27.5. The average molecular weight is 1430 g/mol. The molecular formula is C79H86N18O9. The summed E-state index contributed by atoms with van der Waals surface area (Å²) >= 11 is 0. The van der Waals surface area contributed by atoms with E-state index in [2.05, 4.69) is 46.7 Å². The van der Waals surface area contributed by atoms with Crippen LogP contribution in [0.15, 0.2) is 195 Å². The average Bonchev–Trinajstić information content (AvgIpc) is 1.62. The molecule has 6 aromatic heterocycles. The number of nitrogens with two attached hydrogens (primary N) is 3. The molecule has 8 N–H and O–H groups in total. The number of hydrogen-bond acceptors (Lipinski definition) is 21. The molecule has 3 fully saturated rings. The maximum Gasteiger partial charge on any atom is 0.410 e. The Hall–Kier alpha value is -12.5. The van der Waals surface area contributed by atoms with Gasteiger partial charge in [-0.15, -0.1) is 0 Å². The number of likely N-dealkylation sites (tertiary alicyclic amines) is 3. The zero-order chi connectivity index (χ0) is 74.5. The van der Waals surface area contributed by atoms with Crippen molar-refractivity contribution in [3.8, 4) is 68.3 Å². The molecule has 3 aliphatic rings. The molecule has 1 unspecified atom stereocenters. The van der Waals surface area contributed by atoms with Gasteiger partial charge in [0.05, 0.1) is 59.7 Å². The van der Waals surface area contributed by atoms with Crippen LogP contribution in [0.2, 0.25) is 0 Å². The second-order valence-electron chi connectivity index (χ2n) is 27.5. The molecule has 27 nitrogen and oxygen atoms in total. The smallest absolute Gasteiger partial charge is 0.410 e. The summed E-state index contributed by atoms with van der Waals surface area (Å²) in [6.45, 7) is 17.9. The summed E-state index contributed by atoms with van der Waals surface area (Å²) in [6.07, 6.45) is 10.5. The third-order valence-electron chi connectivity index (χ3n) is 17.7. The Morgan fingerprint density at radius 3 is 1.25 bits per heavy atom. The summed E-state index contributed by atoms with van der Waals surface area (Å²) in [5.74, 6) is 5.62. The lowest BCUT2D eigenvalue weighted by molar-refractivity contribution is -0.127. The summed E-state index contributed by atoms with van der Waals surface area (Å²) in [7, 11) is 0. The molecule has 0 radical (unpaired) electrons. The summed E-state index contributed by atoms with van der Waals surface area (Å²) in [5, 5.41) is 28.0. The molecule has 3 amide bonds. The summed E-state index contributed by atoms with van der Waals surface area (Å²) in [5.41, 5.74) is 24.2. The number of ether oxygens (including phenoxy) is 5. The first-order valence-electron chi connectivity index (χ1n) is 35.1. The molecule has 106 heavy (non-hydrogen) atoms. The lowest BCUT2D eigenvalue weighted by Gasteiger charge is -2.28. The first-order chi connectivity index (χ1) is 51.2. The number of carbonyl (C=O) groups is 3. The SMILES string of the molecule is C=CC(=O)N1CCC[C@@H]1Cn1nc(-c2ccc(Oc3ccccc3)cc2)c2c(N)ncnc21.CC(C)(C)OC(=O)N1CCCC1Cn1nc(-c2ccc(Oc3ccccc3)cc2)c2c(N)ncnc21.CC(C)(C)OC(=O)N1CCC[C@@H]1CO.Nc1ncnc2n[nH]c(-c3ccc(Oc4ccccc4)cc3)c12. The third-order valence-corrected chi connectivity index (χ3v) is 17.7. The Balaban J connectivity index is 0.000000139. The molecule has 27 heteroatoms. The minimum Gasteiger partial charge on any atom is -0.457 e. The fraction of sp³-hybridized carbons (Fsp3) is 0.291. The van der Waals surface area contributed by atoms with E-state index >= 15 is 0 Å². The van der Waals surface area contributed by atoms with Crippen LogP contribution in [0.25, 0.3) is 66.9 Å². The Kier molecular flexibility index (Phi) is 22.7. The number of carbonyl (C=O) groups excluding carboxylic acids is 3. The van der Waals surface area contributed by atoms with Gasteiger partial charge < -0.3 is 60.7 Å². The number of hydrogen-bond donors (Lipinski definition) is 5. The number of fused-ring (bicyclic) bond motifs is 3. The van der Waals surface area contributed by atoms with Crippen molar-refractivity contribution in [2.75, 3.05) is 43.4 Å². The number of aromatic amines is 1. The van der Waals surface area contributed by atoms with E-state index in [0.29, 0.717) is 82.7 Å². The van der Waals surface area contributed by atoms with Gasteiger partial charge in [-0.1, -0.05) is 61.2 Å². The van der Waals surface area contributed by atoms with Crippen molar-refractivity contribution < 1.29 is 43.2 Å². The number of nitrogens with one attached hydrogen (secondary N) is 1. The Labute approximate surface area is 613 Å². The predicted molar refractivity (Wildman–Crippen MR) is 405 cm³/mol. The van der Waals surface area contributed by atoms with Crippen LogP contribution in [0.4, 0.5) is 27.0 Å². The number of benzene rings is 6. The highest BCUT2D eigenvalue weighted by Gasteiger charge is 2.35. The van der Waals surface area contributed by atoms with Crippen LogP contribution in [0, 0.1) is 0 Å². The van der Waals surface area contributed by atoms with Gasteiger partial charge in [0.2, 0.25) is 5.91 Å². The monoisotopic (exact) mass is 1430 g/mol. The minimum absolute atomic E-state index is 0.0270. The molecule has 0 bridgehead atoms. The zero-order valence-electron chi connectivity index (χ0n) is 60.0. The van der Waals surface area contributed by atoms with E-state index < -0.39 is 11.2 Å². The highest BCUT2D eigenvalue weighted by Crippen LogP contribution is 2.37. The Morgan fingerprint density at radius 2 is 0.840 bits per heavy atom. The number of amides is 3. The number of nitrogens with zero attached hydrogens (tertiary/aromatic N) is 14. The van der Waals surface area contributed by atoms with Gasteiger partial charge in [0.25, 0.3) is 0 Å². The molecule has 546 valence electrons. The van der Waals surface area contributed by atoms with Crippen LogP contribution in [-0.4, -0.2) is 153 Å². The first-order valence-corrected chi connectivity index (χ1v) is 35.1. The highest BCUT2D eigenvalue weighted by atomic mass is 16.6. The van der Waals surface area contributed by atoms with Gasteiger partial charge in [-0.05, 0) is 195 Å². The van der Waals surface area contributed by atoms with Crippen LogP contribution >= 0.6 is 0 Å². The van der Waals surface area contributed by atoms with Crippen LogP contribution in [-0.2, 0) is 27.4 Å². The van der Waals surface area contributed by atoms with E-state index in [1.807, 2.05) is 220 Å². The van der Waals surface area contributed by atoms with Crippen LogP contribution in [0.1, 0.15) is 80.1 Å². The number of aliphatic hydroxyl groups excluding tert-OH is 1. The fourth-order valence-corrected chi connectivity index (χ4v) is 12.7. The normalized spacial score (nSPS) is 15.6. The van der Waals surface area contributed by atoms with Gasteiger partial charge in [-0.2, -0.15) is 15.3 Å². The van der Waals surface area contributed by atoms with Crippen molar-refractivity contribution in [2.24, 2.45) is 0 Å². The molecule has 0 spiro atoms. The molecule has 3 saturated heterocycles. The number of aliphatic hydroxyl groups is 1. The van der Waals surface area contributed by atoms with E-state index in [9.17, 15) is 14.4 Å². The molecule has 3 atom stereocenters. The topological polar surface area (TPSA) is 347 Å². The van der Waals surface area contributed by atoms with Gasteiger partial charge in [0.15, 0.2) is 16.9 Å². The predicted octanol–water partition coefficient (Wildman–Crippen LogP) is 14.1. The molecule has 9 heterocycles. The number of rotatable bonds is 15. The van der Waals surface area contributed by atoms with Crippen molar-refractivity contribution in [2.45, 2.75) is 122 Å². The van der Waals surface area contributed by atoms with Gasteiger partial charge >= 0.3 is 12.2 Å². The number of aromatic nitrogens is 12. The van der Waals surface area contributed by atoms with E-state index in [-0.39, 0.29) is 42.8 Å². The first kappa shape index (κ1) is 73.2. The minimum atomic E-state index is -0.548. The van der Waals surface area contributed by atoms with Crippen molar-refractivity contribution in [1.29, 1.82) is 0 Å². The van der Waals surface area contributed by atoms with Gasteiger partial charge in [0.1, 0.15) is 93.5 Å². The van der Waals surface area contributed by atoms with Gasteiger partial charge in [-0.3, -0.25) is 9.89 Å². The quantitative estimate of drug-likeness (QED) is 0.0595. The maximum atomic E-state index is 12.8. The summed E-state index contributed by atoms with van der Waals surface area (Å²) in [4.78, 5) is 67.3. The van der Waals surface area contributed by atoms with Crippen LogP contribution in [0.3, 0.4) is 0 Å². The van der Waals surface area contributed by atoms with Gasteiger partial charge in [-0.25, -0.2) is 48.9 Å². The maximum absolute atomic E-state index is 12.8. The molecular weight excluding hydrogens is 1340 g/mol. The second kappa shape index (κ2) is 32.9. The number of anilines is 3. The van der Waals surface area contributed by atoms with E-state index in [4.69, 9.17) is 56.2 Å². The van der Waals surface area contributed by atoms with Gasteiger partial charge in [0, 0.05) is 36.3 Å². The van der Waals surface area contributed by atoms with Crippen molar-refractivity contribution in [3.05, 3.63) is 195 Å². The largest absolute Gasteiger partial charge is 0.457 e. The number of H-pyrrole nitrogens is 1. The van der Waals surface area contributed by atoms with E-state index in [0.717, 1.165) is 107 Å². The number of para-hydroxylation sites is 3. The molecule has 0 saturated carbocycles. The fourth-order valence-electron chi connectivity index (χ4n) is 12.7. The Morgan fingerprint density at radius 1 is 0.481 bits per heavy atom. The molecule has 0 aliphatic carbocycles. The van der Waals surface area contributed by atoms with Crippen molar-refractivity contribution in [3.63, 3.8) is 0 Å². The highest BCUT2D eigenvalue weighted by molar-refractivity contribution is 6.00. The lowest BCUT2D eigenvalue weighted by Crippen LogP contribution is -2.41. The zero-order valence-corrected chi connectivity index (χ0v) is 60.0. The molecule has 15 rings (SSSR count). The van der Waals surface area contributed by atoms with Crippen LogP contribution in [0.5, 0.6) is 34.5 Å². The molecule has 3 aliphatic heterocycles. The molecule has 12 aromatic rings. The molecule has 6 aromatic carbocycles.